The maximum Gasteiger partial charge on any atom is 0.333 e. The molecule has 12 heteroatoms. The van der Waals surface area contributed by atoms with Gasteiger partial charge in [0.25, 0.3) is 0 Å². The number of carbonyl (C=O) groups is 1. The number of rotatable bonds is 9. The number of benzene rings is 1. The first-order chi connectivity index (χ1) is 17.7. The number of nitrogens with zero attached hydrogens (tertiary/aromatic N) is 3. The zero-order valence-electron chi connectivity index (χ0n) is 20.1. The summed E-state index contributed by atoms with van der Waals surface area (Å²) in [5.74, 6) is -0.192. The van der Waals surface area contributed by atoms with Crippen LogP contribution in [0.15, 0.2) is 48.2 Å². The van der Waals surface area contributed by atoms with E-state index in [1.807, 2.05) is 11.4 Å². The molecule has 0 radical (unpaired) electrons. The van der Waals surface area contributed by atoms with Gasteiger partial charge in [0.1, 0.15) is 12.1 Å². The van der Waals surface area contributed by atoms with Crippen LogP contribution in [0.25, 0.3) is 0 Å². The molecule has 0 spiro atoms. The van der Waals surface area contributed by atoms with Crippen molar-refractivity contribution in [2.45, 2.75) is 44.5 Å². The lowest BCUT2D eigenvalue weighted by Gasteiger charge is -2.28. The average Bonchev–Trinajstić information content (AvgIpc) is 3.48. The summed E-state index contributed by atoms with van der Waals surface area (Å²) in [4.78, 5) is 24.7. The van der Waals surface area contributed by atoms with Gasteiger partial charge in [-0.3, -0.25) is 13.9 Å². The molecular formula is C25H29N5O5S2. The molecule has 1 aromatic carbocycles. The lowest BCUT2D eigenvalue weighted by Crippen LogP contribution is -2.29. The van der Waals surface area contributed by atoms with Gasteiger partial charge in [0.05, 0.1) is 23.2 Å². The number of anilines is 1. The van der Waals surface area contributed by atoms with Crippen molar-refractivity contribution in [2.24, 2.45) is 11.1 Å². The molecule has 10 nitrogen and oxygen atoms in total. The molecule has 5 rings (SSSR count). The van der Waals surface area contributed by atoms with Crippen LogP contribution in [-0.2, 0) is 34.0 Å². The van der Waals surface area contributed by atoms with E-state index >= 15 is 0 Å². The predicted molar refractivity (Wildman–Crippen MR) is 139 cm³/mol. The molecule has 37 heavy (non-hydrogen) atoms. The largest absolute Gasteiger partial charge is 0.393 e. The molecule has 3 atom stereocenters. The molecule has 0 saturated heterocycles. The molecule has 196 valence electrons. The Bertz CT molecular complexity index is 1380. The first-order valence-corrected chi connectivity index (χ1v) is 14.4. The fourth-order valence-corrected chi connectivity index (χ4v) is 6.27. The van der Waals surface area contributed by atoms with Gasteiger partial charge in [-0.15, -0.1) is 11.3 Å². The van der Waals surface area contributed by atoms with Gasteiger partial charge in [-0.05, 0) is 47.4 Å². The van der Waals surface area contributed by atoms with Crippen LogP contribution in [0.4, 0.5) is 5.82 Å². The monoisotopic (exact) mass is 543 g/mol. The van der Waals surface area contributed by atoms with E-state index in [0.29, 0.717) is 29.1 Å². The van der Waals surface area contributed by atoms with E-state index in [1.54, 1.807) is 0 Å². The summed E-state index contributed by atoms with van der Waals surface area (Å²) in [6.45, 7) is 2.45. The highest BCUT2D eigenvalue weighted by molar-refractivity contribution is 7.84. The Hall–Kier alpha value is -2.74. The van der Waals surface area contributed by atoms with Crippen LogP contribution in [0.3, 0.4) is 0 Å². The molecule has 1 fully saturated rings. The second-order valence-corrected chi connectivity index (χ2v) is 11.7. The fraction of sp³-hybridized carbons (Fsp3) is 0.400. The third-order valence-corrected chi connectivity index (χ3v) is 8.34. The van der Waals surface area contributed by atoms with Gasteiger partial charge in [0, 0.05) is 37.8 Å². The molecule has 1 aliphatic heterocycles. The molecular weight excluding hydrogens is 514 g/mol. The Morgan fingerprint density at radius 1 is 1.27 bits per heavy atom. The average molecular weight is 544 g/mol. The molecule has 1 aliphatic carbocycles. The number of aromatic nitrogens is 2. The van der Waals surface area contributed by atoms with Gasteiger partial charge in [-0.1, -0.05) is 24.3 Å². The standard InChI is InChI=1S/C25H29N5O5S2/c26-37(33,34)35-13-19-8-20(9-22(19)31)29-25-21(10-27-15-28-25)24(32)23-7-16(14-36-23)11-30-6-5-17-3-1-2-4-18(17)12-30/h1-4,7,10,14-15,19-20,22,31H,5-6,8-9,11-13H2,(H2,26,33,34)(H,27,28,29)/t19?,20-,22+/m1/s1. The number of aliphatic hydroxyl groups is 1. The number of nitrogens with one attached hydrogen (secondary N) is 1. The summed E-state index contributed by atoms with van der Waals surface area (Å²) < 4.78 is 26.8. The van der Waals surface area contributed by atoms with Crippen LogP contribution in [0.1, 0.15) is 44.8 Å². The van der Waals surface area contributed by atoms with Crippen LogP contribution in [0.2, 0.25) is 0 Å². The SMILES string of the molecule is NS(=O)(=O)OCC1C[C@@H](Nc2ncncc2C(=O)c2cc(CN3CCc4ccccc4C3)cs2)C[C@@H]1O. The molecule has 4 N–H and O–H groups in total. The molecule has 3 heterocycles. The van der Waals surface area contributed by atoms with Crippen molar-refractivity contribution < 1.29 is 22.5 Å². The van der Waals surface area contributed by atoms with Gasteiger partial charge in [-0.25, -0.2) is 15.1 Å². The molecule has 0 amide bonds. The number of hydrogen-bond donors (Lipinski definition) is 3. The molecule has 0 bridgehead atoms. The van der Waals surface area contributed by atoms with Crippen LogP contribution in [0.5, 0.6) is 0 Å². The van der Waals surface area contributed by atoms with Crippen molar-refractivity contribution in [3.05, 3.63) is 75.4 Å². The Morgan fingerprint density at radius 2 is 2.08 bits per heavy atom. The second-order valence-electron chi connectivity index (χ2n) is 9.58. The fourth-order valence-electron chi connectivity index (χ4n) is 5.04. The third-order valence-electron chi connectivity index (χ3n) is 6.89. The smallest absolute Gasteiger partial charge is 0.333 e. The van der Waals surface area contributed by atoms with Crippen molar-refractivity contribution in [3.63, 3.8) is 0 Å². The summed E-state index contributed by atoms with van der Waals surface area (Å²) in [6, 6.07) is 10.2. The summed E-state index contributed by atoms with van der Waals surface area (Å²) in [5, 5.41) is 20.5. The summed E-state index contributed by atoms with van der Waals surface area (Å²) in [6.07, 6.45) is 3.91. The van der Waals surface area contributed by atoms with E-state index in [9.17, 15) is 18.3 Å². The minimum absolute atomic E-state index is 0.170. The number of hydrogen-bond acceptors (Lipinski definition) is 10. The van der Waals surface area contributed by atoms with Crippen LogP contribution in [-0.4, -0.2) is 59.5 Å². The number of carbonyl (C=O) groups excluding carboxylic acids is 1. The first kappa shape index (κ1) is 25.9. The highest BCUT2D eigenvalue weighted by Gasteiger charge is 2.35. The number of fused-ring (bicyclic) bond motifs is 1. The lowest BCUT2D eigenvalue weighted by atomic mass is 10.00. The zero-order valence-corrected chi connectivity index (χ0v) is 21.7. The van der Waals surface area contributed by atoms with Gasteiger partial charge in [0.15, 0.2) is 0 Å². The Labute approximate surface area is 219 Å². The highest BCUT2D eigenvalue weighted by atomic mass is 32.2. The zero-order chi connectivity index (χ0) is 26.0. The van der Waals surface area contributed by atoms with Crippen molar-refractivity contribution in [1.82, 2.24) is 14.9 Å². The summed E-state index contributed by atoms with van der Waals surface area (Å²) in [5.41, 5.74) is 4.20. The van der Waals surface area contributed by atoms with Gasteiger partial charge in [-0.2, -0.15) is 8.42 Å². The van der Waals surface area contributed by atoms with Crippen molar-refractivity contribution in [1.29, 1.82) is 0 Å². The highest BCUT2D eigenvalue weighted by Crippen LogP contribution is 2.31. The topological polar surface area (TPSA) is 148 Å². The van der Waals surface area contributed by atoms with Crippen molar-refractivity contribution in [2.75, 3.05) is 18.5 Å². The van der Waals surface area contributed by atoms with E-state index in [2.05, 4.69) is 48.6 Å². The van der Waals surface area contributed by atoms with Crippen molar-refractivity contribution >= 4 is 33.2 Å². The van der Waals surface area contributed by atoms with Crippen LogP contribution in [0, 0.1) is 5.92 Å². The second kappa shape index (κ2) is 10.9. The number of aliphatic hydroxyl groups excluding tert-OH is 1. The minimum Gasteiger partial charge on any atom is -0.393 e. The van der Waals surface area contributed by atoms with Gasteiger partial charge in [0.2, 0.25) is 5.78 Å². The van der Waals surface area contributed by atoms with Gasteiger partial charge >= 0.3 is 10.3 Å². The maximum absolute atomic E-state index is 13.4. The quantitative estimate of drug-likeness (QED) is 0.345. The normalized spacial score (nSPS) is 22.1. The Kier molecular flexibility index (Phi) is 7.65. The molecule has 1 saturated carbocycles. The third kappa shape index (κ3) is 6.40. The number of nitrogens with two attached hydrogens (primary N) is 1. The van der Waals surface area contributed by atoms with Crippen LogP contribution >= 0.6 is 11.3 Å². The molecule has 1 unspecified atom stereocenters. The van der Waals surface area contributed by atoms with E-state index in [0.717, 1.165) is 31.6 Å². The first-order valence-electron chi connectivity index (χ1n) is 12.1. The molecule has 2 aromatic heterocycles. The predicted octanol–water partition coefficient (Wildman–Crippen LogP) is 2.10. The van der Waals surface area contributed by atoms with E-state index in [-0.39, 0.29) is 18.4 Å². The summed E-state index contributed by atoms with van der Waals surface area (Å²) in [7, 11) is -4.08. The van der Waals surface area contributed by atoms with E-state index in [4.69, 9.17) is 5.14 Å². The Balaban J connectivity index is 1.23. The Morgan fingerprint density at radius 3 is 2.89 bits per heavy atom. The van der Waals surface area contributed by atoms with Gasteiger partial charge < -0.3 is 10.4 Å². The maximum atomic E-state index is 13.4. The minimum atomic E-state index is -4.08. The molecule has 2 aliphatic rings. The van der Waals surface area contributed by atoms with Crippen molar-refractivity contribution in [3.8, 4) is 0 Å². The molecule has 3 aromatic rings. The van der Waals surface area contributed by atoms with Crippen LogP contribution < -0.4 is 10.5 Å². The van der Waals surface area contributed by atoms with E-state index < -0.39 is 22.3 Å². The van der Waals surface area contributed by atoms with E-state index in [1.165, 1.54) is 35.0 Å². The number of thiophene rings is 1. The summed E-state index contributed by atoms with van der Waals surface area (Å²) >= 11 is 1.40. The number of ketones is 1. The lowest BCUT2D eigenvalue weighted by molar-refractivity contribution is 0.101.